The van der Waals surface area contributed by atoms with Gasteiger partial charge in [-0.3, -0.25) is 14.2 Å². The van der Waals surface area contributed by atoms with Gasteiger partial charge in [0, 0.05) is 0 Å². The molecule has 2 heterocycles. The summed E-state index contributed by atoms with van der Waals surface area (Å²) in [7, 11) is 0. The van der Waals surface area contributed by atoms with E-state index in [1.165, 1.54) is 0 Å². The molecule has 1 aromatic carbocycles. The maximum Gasteiger partial charge on any atom is 0.361 e. The molecule has 0 atom stereocenters. The van der Waals surface area contributed by atoms with Crippen molar-refractivity contribution in [3.8, 4) is 0 Å². The van der Waals surface area contributed by atoms with Crippen LogP contribution in [-0.4, -0.2) is 33.2 Å². The van der Waals surface area contributed by atoms with Crippen molar-refractivity contribution >= 4 is 40.3 Å². The largest absolute Gasteiger partial charge is 0.461 e. The lowest BCUT2D eigenvalue weighted by molar-refractivity contribution is -0.116. The molecule has 10 heteroatoms. The Labute approximate surface area is 157 Å². The van der Waals surface area contributed by atoms with E-state index >= 15 is 0 Å². The van der Waals surface area contributed by atoms with E-state index in [1.54, 1.807) is 25.1 Å². The first kappa shape index (κ1) is 18.6. The van der Waals surface area contributed by atoms with Crippen molar-refractivity contribution in [1.29, 1.82) is 0 Å². The van der Waals surface area contributed by atoms with Crippen LogP contribution in [0.2, 0.25) is 5.02 Å². The standard InChI is InChI=1S/C17H15ClN4O5/c1-3-26-17(25)14-13-15(27-21-14)19-8-22(16(13)24)7-12(23)20-11-5-4-9(2)6-10(11)18/h4-6,8H,3,7H2,1-2H3,(H,20,23). The summed E-state index contributed by atoms with van der Waals surface area (Å²) in [6.45, 7) is 3.27. The van der Waals surface area contributed by atoms with Crippen LogP contribution >= 0.6 is 11.6 Å². The van der Waals surface area contributed by atoms with Gasteiger partial charge < -0.3 is 14.6 Å². The van der Waals surface area contributed by atoms with Crippen LogP contribution in [0.4, 0.5) is 5.69 Å². The Bertz CT molecular complexity index is 1090. The summed E-state index contributed by atoms with van der Waals surface area (Å²) >= 11 is 6.09. The molecule has 0 saturated heterocycles. The van der Waals surface area contributed by atoms with Crippen molar-refractivity contribution in [1.82, 2.24) is 14.7 Å². The molecular weight excluding hydrogens is 376 g/mol. The first-order valence-electron chi connectivity index (χ1n) is 7.98. The lowest BCUT2D eigenvalue weighted by atomic mass is 10.2. The summed E-state index contributed by atoms with van der Waals surface area (Å²) in [6, 6.07) is 5.17. The number of amides is 1. The van der Waals surface area contributed by atoms with Gasteiger partial charge in [-0.15, -0.1) is 0 Å². The van der Waals surface area contributed by atoms with E-state index < -0.39 is 17.4 Å². The molecule has 9 nitrogen and oxygen atoms in total. The van der Waals surface area contributed by atoms with Crippen LogP contribution in [0.25, 0.3) is 11.1 Å². The monoisotopic (exact) mass is 390 g/mol. The molecule has 2 aromatic heterocycles. The van der Waals surface area contributed by atoms with Gasteiger partial charge in [-0.1, -0.05) is 22.8 Å². The van der Waals surface area contributed by atoms with Gasteiger partial charge in [-0.2, -0.15) is 0 Å². The van der Waals surface area contributed by atoms with Gasteiger partial charge in [0.2, 0.25) is 11.6 Å². The Morgan fingerprint density at radius 2 is 2.15 bits per heavy atom. The number of nitrogens with one attached hydrogen (secondary N) is 1. The second-order valence-electron chi connectivity index (χ2n) is 5.64. The van der Waals surface area contributed by atoms with Crippen molar-refractivity contribution < 1.29 is 18.8 Å². The van der Waals surface area contributed by atoms with E-state index in [0.29, 0.717) is 10.7 Å². The molecule has 0 radical (unpaired) electrons. The number of benzene rings is 1. The number of nitrogens with zero attached hydrogens (tertiary/aromatic N) is 3. The Kier molecular flexibility index (Phi) is 5.22. The zero-order chi connectivity index (χ0) is 19.6. The molecule has 140 valence electrons. The molecule has 27 heavy (non-hydrogen) atoms. The van der Waals surface area contributed by atoms with Crippen LogP contribution in [0.5, 0.6) is 0 Å². The number of anilines is 1. The van der Waals surface area contributed by atoms with Crippen molar-refractivity contribution in [2.24, 2.45) is 0 Å². The van der Waals surface area contributed by atoms with Gasteiger partial charge in [-0.25, -0.2) is 9.78 Å². The fourth-order valence-electron chi connectivity index (χ4n) is 2.40. The highest BCUT2D eigenvalue weighted by molar-refractivity contribution is 6.33. The molecule has 3 aromatic rings. The molecule has 0 bridgehead atoms. The maximum absolute atomic E-state index is 12.6. The van der Waals surface area contributed by atoms with Crippen molar-refractivity contribution in [3.05, 3.63) is 51.2 Å². The summed E-state index contributed by atoms with van der Waals surface area (Å²) in [5.74, 6) is -1.29. The van der Waals surface area contributed by atoms with Crippen molar-refractivity contribution in [2.45, 2.75) is 20.4 Å². The number of hydrogen-bond acceptors (Lipinski definition) is 7. The second-order valence-corrected chi connectivity index (χ2v) is 6.05. The van der Waals surface area contributed by atoms with Gasteiger partial charge in [-0.05, 0) is 31.5 Å². The number of hydrogen-bond donors (Lipinski definition) is 1. The molecule has 0 unspecified atom stereocenters. The van der Waals surface area contributed by atoms with Crippen molar-refractivity contribution in [3.63, 3.8) is 0 Å². The number of esters is 1. The number of carbonyl (C=O) groups is 2. The number of aromatic nitrogens is 3. The van der Waals surface area contributed by atoms with Crippen LogP contribution in [0, 0.1) is 6.92 Å². The van der Waals surface area contributed by atoms with E-state index in [4.69, 9.17) is 20.9 Å². The third-order valence-electron chi connectivity index (χ3n) is 3.64. The smallest absolute Gasteiger partial charge is 0.361 e. The Balaban J connectivity index is 1.87. The molecule has 1 amide bonds. The summed E-state index contributed by atoms with van der Waals surface area (Å²) in [5, 5.41) is 6.40. The highest BCUT2D eigenvalue weighted by Crippen LogP contribution is 2.22. The minimum atomic E-state index is -0.802. The van der Waals surface area contributed by atoms with Crippen LogP contribution in [0.1, 0.15) is 23.0 Å². The number of aryl methyl sites for hydroxylation is 1. The summed E-state index contributed by atoms with van der Waals surface area (Å²) < 4.78 is 10.8. The number of rotatable bonds is 5. The minimum Gasteiger partial charge on any atom is -0.461 e. The average molecular weight is 391 g/mol. The second kappa shape index (κ2) is 7.58. The maximum atomic E-state index is 12.6. The highest BCUT2D eigenvalue weighted by atomic mass is 35.5. The van der Waals surface area contributed by atoms with Gasteiger partial charge in [0.1, 0.15) is 18.3 Å². The summed E-state index contributed by atoms with van der Waals surface area (Å²) in [4.78, 5) is 40.7. The summed E-state index contributed by atoms with van der Waals surface area (Å²) in [5.41, 5.74) is 0.339. The molecule has 0 fully saturated rings. The third kappa shape index (κ3) is 3.82. The van der Waals surface area contributed by atoms with Crippen LogP contribution in [0.15, 0.2) is 33.8 Å². The van der Waals surface area contributed by atoms with E-state index in [2.05, 4.69) is 15.5 Å². The van der Waals surface area contributed by atoms with Crippen LogP contribution in [-0.2, 0) is 16.1 Å². The minimum absolute atomic E-state index is 0.110. The average Bonchev–Trinajstić information content (AvgIpc) is 3.05. The normalized spacial score (nSPS) is 10.8. The molecule has 0 aliphatic carbocycles. The molecule has 0 saturated carbocycles. The number of halogens is 1. The van der Waals surface area contributed by atoms with E-state index in [1.807, 2.05) is 6.92 Å². The number of carbonyl (C=O) groups excluding carboxylic acids is 2. The Morgan fingerprint density at radius 1 is 1.37 bits per heavy atom. The molecule has 3 rings (SSSR count). The Morgan fingerprint density at radius 3 is 2.85 bits per heavy atom. The van der Waals surface area contributed by atoms with Gasteiger partial charge >= 0.3 is 5.97 Å². The fourth-order valence-corrected chi connectivity index (χ4v) is 2.68. The first-order valence-corrected chi connectivity index (χ1v) is 8.36. The van der Waals surface area contributed by atoms with Gasteiger partial charge in [0.25, 0.3) is 11.3 Å². The zero-order valence-electron chi connectivity index (χ0n) is 14.5. The van der Waals surface area contributed by atoms with E-state index in [0.717, 1.165) is 16.5 Å². The number of fused-ring (bicyclic) bond motifs is 1. The summed E-state index contributed by atoms with van der Waals surface area (Å²) in [6.07, 6.45) is 1.14. The molecule has 1 N–H and O–H groups in total. The molecular formula is C17H15ClN4O5. The zero-order valence-corrected chi connectivity index (χ0v) is 15.2. The SMILES string of the molecule is CCOC(=O)c1noc2ncn(CC(=O)Nc3ccc(C)cc3Cl)c(=O)c12. The Hall–Kier alpha value is -3.20. The molecule has 0 aliphatic rings. The lowest BCUT2D eigenvalue weighted by Gasteiger charge is -2.09. The topological polar surface area (TPSA) is 116 Å². The molecule has 0 aliphatic heterocycles. The van der Waals surface area contributed by atoms with Gasteiger partial charge in [0.15, 0.2) is 0 Å². The quantitative estimate of drug-likeness (QED) is 0.663. The third-order valence-corrected chi connectivity index (χ3v) is 3.96. The van der Waals surface area contributed by atoms with E-state index in [-0.39, 0.29) is 29.9 Å². The number of ether oxygens (including phenoxy) is 1. The van der Waals surface area contributed by atoms with Crippen LogP contribution in [0.3, 0.4) is 0 Å². The lowest BCUT2D eigenvalue weighted by Crippen LogP contribution is -2.28. The highest BCUT2D eigenvalue weighted by Gasteiger charge is 2.22. The predicted octanol–water partition coefficient (Wildman–Crippen LogP) is 2.16. The fraction of sp³-hybridized carbons (Fsp3) is 0.235. The van der Waals surface area contributed by atoms with E-state index in [9.17, 15) is 14.4 Å². The van der Waals surface area contributed by atoms with Crippen molar-refractivity contribution in [2.75, 3.05) is 11.9 Å². The van der Waals surface area contributed by atoms with Gasteiger partial charge in [0.05, 0.1) is 17.3 Å². The predicted molar refractivity (Wildman–Crippen MR) is 96.8 cm³/mol. The first-order chi connectivity index (χ1) is 12.9. The molecule has 0 spiro atoms. The van der Waals surface area contributed by atoms with Crippen LogP contribution < -0.4 is 10.9 Å².